The van der Waals surface area contributed by atoms with Crippen molar-refractivity contribution in [2.24, 2.45) is 0 Å². The Balaban J connectivity index is 2.66. The van der Waals surface area contributed by atoms with Gasteiger partial charge < -0.3 is 14.7 Å². The first kappa shape index (κ1) is 15.5. The molecule has 0 bridgehead atoms. The Morgan fingerprint density at radius 1 is 1.28 bits per heavy atom. The summed E-state index contributed by atoms with van der Waals surface area (Å²) in [4.78, 5) is 2.31. The molecule has 0 atom stereocenters. The third kappa shape index (κ3) is 4.26. The number of benzene rings is 1. The molecule has 1 aromatic rings. The summed E-state index contributed by atoms with van der Waals surface area (Å²) in [5, 5.41) is 9.36. The van der Waals surface area contributed by atoms with Crippen molar-refractivity contribution in [3.8, 4) is 5.75 Å². The molecule has 4 heteroatoms. The van der Waals surface area contributed by atoms with E-state index in [1.807, 2.05) is 19.1 Å². The van der Waals surface area contributed by atoms with Gasteiger partial charge in [0.1, 0.15) is 12.4 Å². The minimum Gasteiger partial charge on any atom is -0.492 e. The van der Waals surface area contributed by atoms with Crippen molar-refractivity contribution < 1.29 is 9.84 Å². The van der Waals surface area contributed by atoms with Crippen molar-refractivity contribution in [1.82, 2.24) is 4.90 Å². The van der Waals surface area contributed by atoms with Crippen molar-refractivity contribution in [3.63, 3.8) is 0 Å². The monoisotopic (exact) mass is 315 g/mol. The van der Waals surface area contributed by atoms with E-state index in [0.29, 0.717) is 6.61 Å². The molecule has 0 aliphatic carbocycles. The fraction of sp³-hybridized carbons (Fsp3) is 0.571. The fourth-order valence-electron chi connectivity index (χ4n) is 1.94. The average molecular weight is 316 g/mol. The van der Waals surface area contributed by atoms with Gasteiger partial charge in [-0.2, -0.15) is 0 Å². The molecular weight excluding hydrogens is 294 g/mol. The highest BCUT2D eigenvalue weighted by molar-refractivity contribution is 9.10. The molecule has 1 rings (SSSR count). The molecule has 0 radical (unpaired) electrons. The summed E-state index contributed by atoms with van der Waals surface area (Å²) in [6.07, 6.45) is 0. The van der Waals surface area contributed by atoms with Crippen LogP contribution in [0.25, 0.3) is 0 Å². The third-order valence-electron chi connectivity index (χ3n) is 3.04. The van der Waals surface area contributed by atoms with Gasteiger partial charge in [0.15, 0.2) is 0 Å². The minimum atomic E-state index is 0.000876. The number of hydrogen-bond acceptors (Lipinski definition) is 3. The van der Waals surface area contributed by atoms with Crippen molar-refractivity contribution in [2.45, 2.75) is 27.4 Å². The summed E-state index contributed by atoms with van der Waals surface area (Å²) < 4.78 is 6.80. The second kappa shape index (κ2) is 7.77. The quantitative estimate of drug-likeness (QED) is 0.839. The van der Waals surface area contributed by atoms with Crippen LogP contribution in [0.3, 0.4) is 0 Å². The van der Waals surface area contributed by atoms with E-state index in [0.717, 1.165) is 41.0 Å². The third-order valence-corrected chi connectivity index (χ3v) is 3.49. The Bertz CT molecular complexity index is 378. The van der Waals surface area contributed by atoms with Crippen LogP contribution in [-0.2, 0) is 6.61 Å². The van der Waals surface area contributed by atoms with E-state index in [9.17, 15) is 5.11 Å². The van der Waals surface area contributed by atoms with Gasteiger partial charge in [-0.05, 0) is 37.7 Å². The molecule has 1 N–H and O–H groups in total. The van der Waals surface area contributed by atoms with Gasteiger partial charge in [0, 0.05) is 16.6 Å². The Morgan fingerprint density at radius 2 is 1.94 bits per heavy atom. The van der Waals surface area contributed by atoms with Crippen LogP contribution in [0, 0.1) is 6.92 Å². The largest absolute Gasteiger partial charge is 0.492 e. The topological polar surface area (TPSA) is 32.7 Å². The van der Waals surface area contributed by atoms with Crippen molar-refractivity contribution in [3.05, 3.63) is 27.7 Å². The lowest BCUT2D eigenvalue weighted by Crippen LogP contribution is -2.28. The van der Waals surface area contributed by atoms with Crippen LogP contribution in [0.2, 0.25) is 0 Å². The molecule has 102 valence electrons. The van der Waals surface area contributed by atoms with Crippen LogP contribution >= 0.6 is 15.9 Å². The van der Waals surface area contributed by atoms with Gasteiger partial charge in [-0.15, -0.1) is 0 Å². The first-order valence-electron chi connectivity index (χ1n) is 6.37. The van der Waals surface area contributed by atoms with Gasteiger partial charge in [0.2, 0.25) is 0 Å². The van der Waals surface area contributed by atoms with Crippen LogP contribution in [0.1, 0.15) is 25.0 Å². The number of ether oxygens (including phenoxy) is 1. The Hall–Kier alpha value is -0.580. The molecular formula is C14H22BrNO2. The average Bonchev–Trinajstić information content (AvgIpc) is 2.36. The lowest BCUT2D eigenvalue weighted by atomic mass is 10.1. The highest BCUT2D eigenvalue weighted by atomic mass is 79.9. The summed E-state index contributed by atoms with van der Waals surface area (Å²) in [5.74, 6) is 0.813. The van der Waals surface area contributed by atoms with E-state index in [-0.39, 0.29) is 6.61 Å². The Kier molecular flexibility index (Phi) is 6.68. The van der Waals surface area contributed by atoms with E-state index in [1.54, 1.807) is 0 Å². The predicted octanol–water partition coefficient (Wildman–Crippen LogP) is 2.97. The molecule has 0 aliphatic heterocycles. The van der Waals surface area contributed by atoms with Crippen LogP contribution in [-0.4, -0.2) is 36.2 Å². The first-order valence-corrected chi connectivity index (χ1v) is 7.16. The number of nitrogens with zero attached hydrogens (tertiary/aromatic N) is 1. The van der Waals surface area contributed by atoms with Gasteiger partial charge in [0.25, 0.3) is 0 Å². The normalized spacial score (nSPS) is 11.0. The molecule has 3 nitrogen and oxygen atoms in total. The second-order valence-corrected chi connectivity index (χ2v) is 5.16. The fourth-order valence-corrected chi connectivity index (χ4v) is 2.56. The maximum Gasteiger partial charge on any atom is 0.127 e. The van der Waals surface area contributed by atoms with Gasteiger partial charge >= 0.3 is 0 Å². The number of aliphatic hydroxyl groups is 1. The number of rotatable bonds is 7. The van der Waals surface area contributed by atoms with Gasteiger partial charge in [-0.25, -0.2) is 0 Å². The van der Waals surface area contributed by atoms with Gasteiger partial charge in [-0.1, -0.05) is 29.8 Å². The lowest BCUT2D eigenvalue weighted by Gasteiger charge is -2.19. The molecule has 1 aromatic carbocycles. The van der Waals surface area contributed by atoms with Crippen LogP contribution in [0.4, 0.5) is 0 Å². The van der Waals surface area contributed by atoms with E-state index >= 15 is 0 Å². The molecule has 0 amide bonds. The van der Waals surface area contributed by atoms with E-state index < -0.39 is 0 Å². The lowest BCUT2D eigenvalue weighted by molar-refractivity contribution is 0.214. The zero-order valence-corrected chi connectivity index (χ0v) is 13.0. The van der Waals surface area contributed by atoms with E-state index in [2.05, 4.69) is 34.7 Å². The molecule has 0 aliphatic rings. The van der Waals surface area contributed by atoms with Gasteiger partial charge in [0.05, 0.1) is 6.61 Å². The molecule has 0 unspecified atom stereocenters. The standard InChI is InChI=1S/C14H22BrNO2/c1-4-16(5-2)6-7-18-14-11(3)8-13(15)9-12(14)10-17/h8-9,17H,4-7,10H2,1-3H3. The number of halogens is 1. The Labute approximate surface area is 118 Å². The maximum atomic E-state index is 9.36. The van der Waals surface area contributed by atoms with Crippen molar-refractivity contribution >= 4 is 15.9 Å². The molecule has 0 aromatic heterocycles. The SMILES string of the molecule is CCN(CC)CCOc1c(C)cc(Br)cc1CO. The second-order valence-electron chi connectivity index (χ2n) is 4.24. The van der Waals surface area contributed by atoms with E-state index in [1.165, 1.54) is 0 Å². The number of aliphatic hydroxyl groups excluding tert-OH is 1. The molecule has 0 spiro atoms. The zero-order valence-electron chi connectivity index (χ0n) is 11.4. The number of hydrogen-bond donors (Lipinski definition) is 1. The molecule has 18 heavy (non-hydrogen) atoms. The summed E-state index contributed by atoms with van der Waals surface area (Å²) in [6.45, 7) is 9.92. The summed E-state index contributed by atoms with van der Waals surface area (Å²) in [5.41, 5.74) is 1.88. The summed E-state index contributed by atoms with van der Waals surface area (Å²) in [7, 11) is 0. The smallest absolute Gasteiger partial charge is 0.127 e. The molecule has 0 saturated heterocycles. The summed E-state index contributed by atoms with van der Waals surface area (Å²) >= 11 is 3.43. The van der Waals surface area contributed by atoms with Crippen LogP contribution in [0.15, 0.2) is 16.6 Å². The number of aryl methyl sites for hydroxylation is 1. The minimum absolute atomic E-state index is 0.000876. The molecule has 0 saturated carbocycles. The number of likely N-dealkylation sites (N-methyl/N-ethyl adjacent to an activating group) is 1. The van der Waals surface area contributed by atoms with Gasteiger partial charge in [-0.3, -0.25) is 0 Å². The maximum absolute atomic E-state index is 9.36. The zero-order chi connectivity index (χ0) is 13.5. The molecule has 0 fully saturated rings. The van der Waals surface area contributed by atoms with Crippen LogP contribution in [0.5, 0.6) is 5.75 Å². The van der Waals surface area contributed by atoms with Crippen LogP contribution < -0.4 is 4.74 Å². The highest BCUT2D eigenvalue weighted by Crippen LogP contribution is 2.28. The first-order chi connectivity index (χ1) is 8.62. The van der Waals surface area contributed by atoms with Crippen molar-refractivity contribution in [2.75, 3.05) is 26.2 Å². The summed E-state index contributed by atoms with van der Waals surface area (Å²) in [6, 6.07) is 3.91. The van der Waals surface area contributed by atoms with E-state index in [4.69, 9.17) is 4.74 Å². The van der Waals surface area contributed by atoms with Crippen molar-refractivity contribution in [1.29, 1.82) is 0 Å². The Morgan fingerprint density at radius 3 is 2.50 bits per heavy atom. The molecule has 0 heterocycles. The highest BCUT2D eigenvalue weighted by Gasteiger charge is 2.09. The predicted molar refractivity (Wildman–Crippen MR) is 78.1 cm³/mol.